The Morgan fingerprint density at radius 1 is 1.11 bits per heavy atom. The maximum Gasteiger partial charge on any atom is 0.437 e. The molecule has 2 saturated carbocycles. The van der Waals surface area contributed by atoms with Crippen LogP contribution in [0.4, 0.5) is 18.0 Å². The predicted molar refractivity (Wildman–Crippen MR) is 239 cm³/mol. The van der Waals surface area contributed by atoms with E-state index in [0.29, 0.717) is 51.4 Å². The van der Waals surface area contributed by atoms with Crippen molar-refractivity contribution < 1.29 is 60.1 Å². The molecule has 1 aromatic carbocycles. The molecule has 4 atom stereocenters. The molecule has 20 heteroatoms. The lowest BCUT2D eigenvalue weighted by Crippen LogP contribution is -2.70. The number of aryl methyl sites for hydroxylation is 1. The first-order valence-corrected chi connectivity index (χ1v) is 24.7. The number of amides is 4. The van der Waals surface area contributed by atoms with Crippen LogP contribution in [0.15, 0.2) is 30.4 Å². The highest BCUT2D eigenvalue weighted by atomic mass is 32.2. The SMILES string of the molecule is CCCCCC=CC1CCC1(NC(=O)C1CC(CCc2c(O)c(C(F)(F)F)nc3ccc(OCCN4CCOCC4)cc23)CN1C(=O)CNC(=O)OCC(C)C)C(=O)NS(=O)(=O)C1(C)CC1. The third kappa shape index (κ3) is 12.2. The number of rotatable bonds is 21. The second-order valence-electron chi connectivity index (χ2n) is 18.7. The number of alkyl carbamates (subject to hydrolysis) is 1. The van der Waals surface area contributed by atoms with Crippen LogP contribution in [0.2, 0.25) is 0 Å². The Balaban J connectivity index is 1.25. The van der Waals surface area contributed by atoms with Gasteiger partial charge in [-0.05, 0) is 94.7 Å². The minimum absolute atomic E-state index is 0.00672. The van der Waals surface area contributed by atoms with Gasteiger partial charge in [-0.15, -0.1) is 0 Å². The molecule has 16 nitrogen and oxygen atoms in total. The summed E-state index contributed by atoms with van der Waals surface area (Å²) in [4.78, 5) is 62.3. The number of morpholine rings is 1. The topological polar surface area (TPSA) is 206 Å². The monoisotopic (exact) mass is 950 g/mol. The Labute approximate surface area is 384 Å². The number of carbonyl (C=O) groups excluding carboxylic acids is 4. The summed E-state index contributed by atoms with van der Waals surface area (Å²) in [6, 6.07) is 3.26. The summed E-state index contributed by atoms with van der Waals surface area (Å²) in [6.07, 6.45) is 2.94. The van der Waals surface area contributed by atoms with Crippen LogP contribution in [0.5, 0.6) is 11.5 Å². The summed E-state index contributed by atoms with van der Waals surface area (Å²) in [5, 5.41) is 16.7. The van der Waals surface area contributed by atoms with E-state index in [4.69, 9.17) is 14.2 Å². The summed E-state index contributed by atoms with van der Waals surface area (Å²) in [7, 11) is -4.09. The van der Waals surface area contributed by atoms with Crippen LogP contribution >= 0.6 is 0 Å². The fraction of sp³-hybridized carbons (Fsp3) is 0.674. The normalized spacial score (nSPS) is 23.2. The maximum atomic E-state index is 14.6. The standard InChI is InChI=1S/C46H65F3N6O10S/c1-5-6-7-8-9-10-32-15-16-45(32,42(59)53-66(61,62)44(4)17-18-44)52-41(58)37-25-31(28-55(37)38(56)27-50-43(60)65-29-30(2)3)11-13-34-35-26-33(64-24-21-54-19-22-63-23-20-54)12-14-36(35)51-40(39(34)57)46(47,48)49/h9-10,12,14,26,30-32,37,57H,5-8,11,13,15-25,27-29H2,1-4H3,(H,50,60)(H,52,58)(H,53,59). The second kappa shape index (κ2) is 21.5. The van der Waals surface area contributed by atoms with Gasteiger partial charge in [0.05, 0.1) is 30.1 Å². The molecule has 0 spiro atoms. The number of pyridine rings is 1. The lowest BCUT2D eigenvalue weighted by atomic mass is 9.65. The Hall–Kier alpha value is -4.69. The Kier molecular flexibility index (Phi) is 16.5. The van der Waals surface area contributed by atoms with Crippen LogP contribution in [0.1, 0.15) is 103 Å². The van der Waals surface area contributed by atoms with E-state index in [1.54, 1.807) is 13.0 Å². The molecule has 0 radical (unpaired) electrons. The van der Waals surface area contributed by atoms with Crippen LogP contribution in [-0.4, -0.2) is 128 Å². The second-order valence-corrected chi connectivity index (χ2v) is 20.9. The van der Waals surface area contributed by atoms with Crippen molar-refractivity contribution in [3.63, 3.8) is 0 Å². The molecule has 366 valence electrons. The lowest BCUT2D eigenvalue weighted by molar-refractivity contribution is -0.143. The fourth-order valence-electron chi connectivity index (χ4n) is 8.71. The van der Waals surface area contributed by atoms with Gasteiger partial charge in [0.25, 0.3) is 5.91 Å². The number of carbonyl (C=O) groups is 4. The number of benzene rings is 1. The number of nitrogens with one attached hydrogen (secondary N) is 3. The predicted octanol–water partition coefficient (Wildman–Crippen LogP) is 5.60. The number of sulfonamides is 1. The van der Waals surface area contributed by atoms with E-state index >= 15 is 0 Å². The number of hydrogen-bond donors (Lipinski definition) is 4. The molecular formula is C46H65F3N6O10S. The molecule has 6 rings (SSSR count). The summed E-state index contributed by atoms with van der Waals surface area (Å²) in [5.41, 5.74) is -3.14. The van der Waals surface area contributed by atoms with Gasteiger partial charge in [0, 0.05) is 43.0 Å². The zero-order valence-corrected chi connectivity index (χ0v) is 39.2. The molecule has 2 aromatic rings. The summed E-state index contributed by atoms with van der Waals surface area (Å²) in [5.74, 6) is -3.96. The minimum Gasteiger partial charge on any atom is -0.505 e. The zero-order chi connectivity index (χ0) is 47.9. The largest absolute Gasteiger partial charge is 0.505 e. The van der Waals surface area contributed by atoms with Gasteiger partial charge in [0.2, 0.25) is 21.8 Å². The fourth-order valence-corrected chi connectivity index (χ4v) is 10.0. The van der Waals surface area contributed by atoms with Gasteiger partial charge < -0.3 is 34.9 Å². The smallest absolute Gasteiger partial charge is 0.437 e. The Morgan fingerprint density at radius 3 is 2.50 bits per heavy atom. The third-order valence-corrected chi connectivity index (χ3v) is 15.4. The van der Waals surface area contributed by atoms with Gasteiger partial charge in [-0.25, -0.2) is 18.2 Å². The van der Waals surface area contributed by atoms with Gasteiger partial charge in [-0.2, -0.15) is 13.2 Å². The van der Waals surface area contributed by atoms with Crippen LogP contribution in [0.3, 0.4) is 0 Å². The molecule has 4 fully saturated rings. The molecule has 2 aliphatic carbocycles. The number of nitrogens with zero attached hydrogens (tertiary/aromatic N) is 3. The number of aromatic hydroxyl groups is 1. The molecule has 4 N–H and O–H groups in total. The number of halogens is 3. The van der Waals surface area contributed by atoms with Gasteiger partial charge in [0.1, 0.15) is 36.2 Å². The lowest BCUT2D eigenvalue weighted by Gasteiger charge is -2.47. The van der Waals surface area contributed by atoms with E-state index in [0.717, 1.165) is 38.8 Å². The van der Waals surface area contributed by atoms with Crippen molar-refractivity contribution in [2.24, 2.45) is 17.8 Å². The third-order valence-electron chi connectivity index (χ3n) is 13.2. The number of allylic oxidation sites excluding steroid dienone is 1. The number of unbranched alkanes of at least 4 members (excludes halogenated alkanes) is 3. The Bertz CT molecular complexity index is 2220. The maximum absolute atomic E-state index is 14.6. The number of aromatic nitrogens is 1. The zero-order valence-electron chi connectivity index (χ0n) is 38.3. The Morgan fingerprint density at radius 2 is 1.85 bits per heavy atom. The van der Waals surface area contributed by atoms with Crippen molar-refractivity contribution in [2.45, 2.75) is 121 Å². The highest BCUT2D eigenvalue weighted by Gasteiger charge is 2.58. The average Bonchev–Trinajstić information content (AvgIpc) is 3.89. The van der Waals surface area contributed by atoms with Crippen molar-refractivity contribution in [1.29, 1.82) is 0 Å². The van der Waals surface area contributed by atoms with Crippen LogP contribution in [-0.2, 0) is 46.5 Å². The molecule has 0 bridgehead atoms. The van der Waals surface area contributed by atoms with E-state index in [1.165, 1.54) is 17.0 Å². The quantitative estimate of drug-likeness (QED) is 0.0892. The summed E-state index contributed by atoms with van der Waals surface area (Å²) >= 11 is 0. The van der Waals surface area contributed by atoms with Crippen molar-refractivity contribution in [3.05, 3.63) is 41.6 Å². The van der Waals surface area contributed by atoms with E-state index in [-0.39, 0.29) is 61.2 Å². The average molecular weight is 951 g/mol. The number of alkyl halides is 3. The van der Waals surface area contributed by atoms with Crippen molar-refractivity contribution in [1.82, 2.24) is 30.1 Å². The number of fused-ring (bicyclic) bond motifs is 1. The van der Waals surface area contributed by atoms with Crippen molar-refractivity contribution >= 4 is 44.7 Å². The number of ether oxygens (including phenoxy) is 3. The van der Waals surface area contributed by atoms with Gasteiger partial charge in [-0.3, -0.25) is 24.0 Å². The molecule has 1 aromatic heterocycles. The molecule has 66 heavy (non-hydrogen) atoms. The van der Waals surface area contributed by atoms with Gasteiger partial charge in [0.15, 0.2) is 5.69 Å². The number of likely N-dealkylation sites (tertiary alicyclic amines) is 1. The molecule has 2 aliphatic heterocycles. The van der Waals surface area contributed by atoms with Crippen molar-refractivity contribution in [3.8, 4) is 11.5 Å². The highest BCUT2D eigenvalue weighted by Crippen LogP contribution is 2.45. The van der Waals surface area contributed by atoms with Crippen LogP contribution in [0, 0.1) is 17.8 Å². The van der Waals surface area contributed by atoms with E-state index in [9.17, 15) is 45.9 Å². The molecule has 4 aliphatic rings. The molecule has 4 unspecified atom stereocenters. The summed E-state index contributed by atoms with van der Waals surface area (Å²) < 4.78 is 87.2. The number of hydrogen-bond acceptors (Lipinski definition) is 12. The molecule has 3 heterocycles. The summed E-state index contributed by atoms with van der Waals surface area (Å²) in [6.45, 7) is 10.4. The van der Waals surface area contributed by atoms with E-state index < -0.39 is 86.2 Å². The molecule has 2 saturated heterocycles. The van der Waals surface area contributed by atoms with E-state index in [2.05, 4.69) is 32.2 Å². The molecular weight excluding hydrogens is 886 g/mol. The van der Waals surface area contributed by atoms with Gasteiger partial charge in [-0.1, -0.05) is 45.8 Å². The highest BCUT2D eigenvalue weighted by molar-refractivity contribution is 7.91. The van der Waals surface area contributed by atoms with Crippen molar-refractivity contribution in [2.75, 3.05) is 59.2 Å². The van der Waals surface area contributed by atoms with Crippen LogP contribution < -0.4 is 20.1 Å². The first-order chi connectivity index (χ1) is 31.3. The first-order valence-electron chi connectivity index (χ1n) is 23.2. The van der Waals surface area contributed by atoms with E-state index in [1.807, 2.05) is 26.0 Å². The minimum atomic E-state index is -4.98. The first kappa shape index (κ1) is 50.7. The van der Waals surface area contributed by atoms with Gasteiger partial charge >= 0.3 is 12.3 Å². The molecule has 4 amide bonds. The van der Waals surface area contributed by atoms with Crippen LogP contribution in [0.25, 0.3) is 10.9 Å².